The quantitative estimate of drug-likeness (QED) is 0.552. The van der Waals surface area contributed by atoms with E-state index in [0.717, 1.165) is 32.1 Å². The molecule has 0 aliphatic carbocycles. The SMILES string of the molecule is C/C=C\C(=C/CC)C(C#N)(CCC)CCC. The first-order chi connectivity index (χ1) is 7.70. The van der Waals surface area contributed by atoms with Gasteiger partial charge in [-0.3, -0.25) is 0 Å². The fourth-order valence-corrected chi connectivity index (χ4v) is 2.27. The van der Waals surface area contributed by atoms with Crippen LogP contribution in [0.3, 0.4) is 0 Å². The predicted octanol–water partition coefficient (Wildman–Crippen LogP) is 5.01. The van der Waals surface area contributed by atoms with Gasteiger partial charge in [-0.2, -0.15) is 5.26 Å². The first-order valence-corrected chi connectivity index (χ1v) is 6.45. The largest absolute Gasteiger partial charge is 0.197 e. The molecule has 0 heterocycles. The van der Waals surface area contributed by atoms with E-state index in [9.17, 15) is 5.26 Å². The van der Waals surface area contributed by atoms with E-state index in [1.54, 1.807) is 0 Å². The molecule has 1 nitrogen and oxygen atoms in total. The van der Waals surface area contributed by atoms with Gasteiger partial charge in [-0.25, -0.2) is 0 Å². The molecule has 0 aromatic heterocycles. The molecule has 0 saturated heterocycles. The fourth-order valence-electron chi connectivity index (χ4n) is 2.27. The van der Waals surface area contributed by atoms with Crippen LogP contribution in [0.5, 0.6) is 0 Å². The van der Waals surface area contributed by atoms with Gasteiger partial charge >= 0.3 is 0 Å². The van der Waals surface area contributed by atoms with Crippen molar-refractivity contribution in [3.63, 3.8) is 0 Å². The van der Waals surface area contributed by atoms with Gasteiger partial charge in [0.1, 0.15) is 0 Å². The fraction of sp³-hybridized carbons (Fsp3) is 0.667. The number of allylic oxidation sites excluding steroid dienone is 4. The van der Waals surface area contributed by atoms with Crippen LogP contribution < -0.4 is 0 Å². The lowest BCUT2D eigenvalue weighted by Gasteiger charge is -2.27. The summed E-state index contributed by atoms with van der Waals surface area (Å²) in [5.41, 5.74) is 0.954. The van der Waals surface area contributed by atoms with Gasteiger partial charge in [0.15, 0.2) is 0 Å². The first-order valence-electron chi connectivity index (χ1n) is 6.45. The predicted molar refractivity (Wildman–Crippen MR) is 71.1 cm³/mol. The van der Waals surface area contributed by atoms with Crippen LogP contribution in [0.25, 0.3) is 0 Å². The van der Waals surface area contributed by atoms with E-state index in [0.29, 0.717) is 0 Å². The summed E-state index contributed by atoms with van der Waals surface area (Å²) in [5.74, 6) is 0. The summed E-state index contributed by atoms with van der Waals surface area (Å²) in [5, 5.41) is 9.54. The summed E-state index contributed by atoms with van der Waals surface area (Å²) in [6, 6.07) is 2.57. The summed E-state index contributed by atoms with van der Waals surface area (Å²) >= 11 is 0. The van der Waals surface area contributed by atoms with Gasteiger partial charge in [0.2, 0.25) is 0 Å². The molecule has 0 radical (unpaired) electrons. The molecule has 0 spiro atoms. The lowest BCUT2D eigenvalue weighted by molar-refractivity contribution is 0.398. The summed E-state index contributed by atoms with van der Waals surface area (Å²) < 4.78 is 0. The Morgan fingerprint density at radius 2 is 1.75 bits per heavy atom. The molecule has 0 aromatic carbocycles. The van der Waals surface area contributed by atoms with E-state index in [4.69, 9.17) is 0 Å². The number of hydrogen-bond donors (Lipinski definition) is 0. The highest BCUT2D eigenvalue weighted by molar-refractivity contribution is 5.32. The second-order valence-corrected chi connectivity index (χ2v) is 4.26. The van der Waals surface area contributed by atoms with Crippen LogP contribution >= 0.6 is 0 Å². The van der Waals surface area contributed by atoms with Crippen molar-refractivity contribution in [1.29, 1.82) is 5.26 Å². The zero-order valence-corrected chi connectivity index (χ0v) is 11.2. The highest BCUT2D eigenvalue weighted by Gasteiger charge is 2.30. The second-order valence-electron chi connectivity index (χ2n) is 4.26. The zero-order valence-electron chi connectivity index (χ0n) is 11.2. The maximum atomic E-state index is 9.54. The van der Waals surface area contributed by atoms with Gasteiger partial charge in [-0.15, -0.1) is 0 Å². The molecule has 90 valence electrons. The van der Waals surface area contributed by atoms with Crippen molar-refractivity contribution < 1.29 is 0 Å². The molecule has 0 rings (SSSR count). The van der Waals surface area contributed by atoms with E-state index in [2.05, 4.69) is 39.0 Å². The molecule has 0 atom stereocenters. The molecule has 0 amide bonds. The van der Waals surface area contributed by atoms with Crippen LogP contribution in [0.4, 0.5) is 0 Å². The Morgan fingerprint density at radius 3 is 2.06 bits per heavy atom. The average molecular weight is 219 g/mol. The van der Waals surface area contributed by atoms with E-state index in [1.165, 1.54) is 5.57 Å². The summed E-state index contributed by atoms with van der Waals surface area (Å²) in [6.07, 6.45) is 11.4. The average Bonchev–Trinajstić information content (AvgIpc) is 2.28. The third-order valence-corrected chi connectivity index (χ3v) is 2.89. The van der Waals surface area contributed by atoms with Crippen LogP contribution in [-0.4, -0.2) is 0 Å². The van der Waals surface area contributed by atoms with E-state index in [-0.39, 0.29) is 5.41 Å². The summed E-state index contributed by atoms with van der Waals surface area (Å²) in [4.78, 5) is 0. The molecule has 1 heteroatoms. The third kappa shape index (κ3) is 3.85. The van der Waals surface area contributed by atoms with Crippen LogP contribution in [0, 0.1) is 16.7 Å². The minimum absolute atomic E-state index is 0.258. The van der Waals surface area contributed by atoms with Crippen LogP contribution in [-0.2, 0) is 0 Å². The maximum Gasteiger partial charge on any atom is 0.0819 e. The van der Waals surface area contributed by atoms with E-state index < -0.39 is 0 Å². The van der Waals surface area contributed by atoms with Crippen molar-refractivity contribution in [2.45, 2.75) is 59.8 Å². The highest BCUT2D eigenvalue weighted by atomic mass is 14.4. The molecule has 0 aromatic rings. The van der Waals surface area contributed by atoms with Crippen molar-refractivity contribution in [3.8, 4) is 6.07 Å². The third-order valence-electron chi connectivity index (χ3n) is 2.89. The van der Waals surface area contributed by atoms with Crippen molar-refractivity contribution >= 4 is 0 Å². The molecular weight excluding hydrogens is 194 g/mol. The summed E-state index contributed by atoms with van der Waals surface area (Å²) in [7, 11) is 0. The Kier molecular flexibility index (Phi) is 7.64. The first kappa shape index (κ1) is 15.0. The molecule has 0 saturated carbocycles. The van der Waals surface area contributed by atoms with Crippen molar-refractivity contribution in [3.05, 3.63) is 23.8 Å². The number of nitrogens with zero attached hydrogens (tertiary/aromatic N) is 1. The van der Waals surface area contributed by atoms with Crippen LogP contribution in [0.1, 0.15) is 59.8 Å². The topological polar surface area (TPSA) is 23.8 Å². The number of hydrogen-bond acceptors (Lipinski definition) is 1. The van der Waals surface area contributed by atoms with Gasteiger partial charge in [-0.05, 0) is 31.8 Å². The molecule has 0 aliphatic rings. The van der Waals surface area contributed by atoms with Crippen molar-refractivity contribution in [2.75, 3.05) is 0 Å². The zero-order chi connectivity index (χ0) is 12.4. The molecule has 0 fully saturated rings. The minimum atomic E-state index is -0.258. The van der Waals surface area contributed by atoms with Gasteiger partial charge in [0.05, 0.1) is 11.5 Å². The molecule has 16 heavy (non-hydrogen) atoms. The van der Waals surface area contributed by atoms with Crippen molar-refractivity contribution in [1.82, 2.24) is 0 Å². The molecule has 0 unspecified atom stereocenters. The minimum Gasteiger partial charge on any atom is -0.197 e. The molecule has 0 aliphatic heterocycles. The second kappa shape index (κ2) is 8.16. The van der Waals surface area contributed by atoms with E-state index >= 15 is 0 Å². The molecule has 0 N–H and O–H groups in total. The van der Waals surface area contributed by atoms with Gasteiger partial charge in [-0.1, -0.05) is 51.8 Å². The van der Waals surface area contributed by atoms with Crippen LogP contribution in [0.15, 0.2) is 23.8 Å². The van der Waals surface area contributed by atoms with Crippen LogP contribution in [0.2, 0.25) is 0 Å². The Balaban J connectivity index is 5.25. The number of nitriles is 1. The smallest absolute Gasteiger partial charge is 0.0819 e. The molecular formula is C15H25N. The highest BCUT2D eigenvalue weighted by Crippen LogP contribution is 2.38. The Hall–Kier alpha value is -1.03. The monoisotopic (exact) mass is 219 g/mol. The van der Waals surface area contributed by atoms with Crippen molar-refractivity contribution in [2.24, 2.45) is 5.41 Å². The summed E-state index contributed by atoms with van der Waals surface area (Å²) in [6.45, 7) is 8.45. The lowest BCUT2D eigenvalue weighted by Crippen LogP contribution is -2.20. The Bertz CT molecular complexity index is 272. The van der Waals surface area contributed by atoms with Gasteiger partial charge < -0.3 is 0 Å². The molecule has 0 bridgehead atoms. The van der Waals surface area contributed by atoms with E-state index in [1.807, 2.05) is 13.0 Å². The Labute approximate surface area is 101 Å². The van der Waals surface area contributed by atoms with Gasteiger partial charge in [0, 0.05) is 0 Å². The number of rotatable bonds is 7. The Morgan fingerprint density at radius 1 is 1.19 bits per heavy atom. The normalized spacial score (nSPS) is 13.1. The van der Waals surface area contributed by atoms with Gasteiger partial charge in [0.25, 0.3) is 0 Å². The standard InChI is InChI=1S/C15H25N/c1-5-9-14(10-6-2)15(13-16,11-7-3)12-8-4/h5,9-10H,6-8,11-12H2,1-4H3/b9-5-,14-10+. The maximum absolute atomic E-state index is 9.54. The lowest BCUT2D eigenvalue weighted by atomic mass is 9.73.